The Labute approximate surface area is 154 Å². The number of halogens is 2. The molecule has 6 nitrogen and oxygen atoms in total. The van der Waals surface area contributed by atoms with Crippen LogP contribution in [0.15, 0.2) is 30.3 Å². The maximum Gasteiger partial charge on any atom is 0.274 e. The maximum absolute atomic E-state index is 13.4. The number of nitrogens with one attached hydrogen (secondary N) is 2. The van der Waals surface area contributed by atoms with Gasteiger partial charge in [-0.25, -0.2) is 13.8 Å². The fourth-order valence-corrected chi connectivity index (χ4v) is 3.30. The van der Waals surface area contributed by atoms with Gasteiger partial charge in [-0.3, -0.25) is 4.79 Å². The van der Waals surface area contributed by atoms with Gasteiger partial charge in [0.2, 0.25) is 0 Å². The number of methoxy groups -OCH3 is 1. The zero-order valence-corrected chi connectivity index (χ0v) is 14.7. The molecule has 1 saturated heterocycles. The molecule has 27 heavy (non-hydrogen) atoms. The molecule has 1 aliphatic carbocycles. The minimum Gasteiger partial charge on any atom is -0.494 e. The number of carbonyl (C=O) groups excluding carboxylic acids is 1. The predicted octanol–water partition coefficient (Wildman–Crippen LogP) is 3.16. The minimum absolute atomic E-state index is 0.0413. The molecule has 2 heterocycles. The first-order chi connectivity index (χ1) is 13.0. The summed E-state index contributed by atoms with van der Waals surface area (Å²) in [5, 5.41) is 5.72. The van der Waals surface area contributed by atoms with Crippen LogP contribution in [0.5, 0.6) is 5.75 Å². The fraction of sp³-hybridized carbons (Fsp3) is 0.368. The van der Waals surface area contributed by atoms with E-state index in [0.717, 1.165) is 37.5 Å². The Kier molecular flexibility index (Phi) is 4.43. The Morgan fingerprint density at radius 1 is 1.26 bits per heavy atom. The number of anilines is 2. The number of nitrogens with zero attached hydrogens (tertiary/aromatic N) is 1. The normalized spacial score (nSPS) is 19.7. The highest BCUT2D eigenvalue weighted by Gasteiger charge is 2.50. The highest BCUT2D eigenvalue weighted by molar-refractivity contribution is 5.95. The van der Waals surface area contributed by atoms with Crippen LogP contribution in [0.3, 0.4) is 0 Å². The first-order valence-corrected chi connectivity index (χ1v) is 8.69. The number of pyridine rings is 1. The van der Waals surface area contributed by atoms with Crippen molar-refractivity contribution < 1.29 is 23.0 Å². The number of hydrogen-bond donors (Lipinski definition) is 2. The number of amides is 1. The Balaban J connectivity index is 1.52. The first-order valence-electron chi connectivity index (χ1n) is 8.69. The van der Waals surface area contributed by atoms with E-state index in [1.807, 2.05) is 0 Å². The van der Waals surface area contributed by atoms with E-state index in [4.69, 9.17) is 9.47 Å². The molecule has 2 N–H and O–H groups in total. The fourth-order valence-electron chi connectivity index (χ4n) is 3.30. The van der Waals surface area contributed by atoms with Crippen molar-refractivity contribution in [1.82, 2.24) is 10.3 Å². The van der Waals surface area contributed by atoms with Gasteiger partial charge in [0.15, 0.2) is 5.69 Å². The van der Waals surface area contributed by atoms with Crippen LogP contribution >= 0.6 is 0 Å². The third-order valence-electron chi connectivity index (χ3n) is 4.78. The molecule has 0 radical (unpaired) electrons. The Morgan fingerprint density at radius 2 is 2.00 bits per heavy atom. The Bertz CT molecular complexity index is 866. The van der Waals surface area contributed by atoms with Crippen LogP contribution in [-0.2, 0) is 4.74 Å². The van der Waals surface area contributed by atoms with E-state index in [2.05, 4.69) is 15.6 Å². The lowest BCUT2D eigenvalue weighted by atomic mass is 10.1. The summed E-state index contributed by atoms with van der Waals surface area (Å²) in [5.41, 5.74) is 0.243. The van der Waals surface area contributed by atoms with Crippen molar-refractivity contribution in [2.45, 2.75) is 30.9 Å². The van der Waals surface area contributed by atoms with Crippen LogP contribution < -0.4 is 15.4 Å². The average Bonchev–Trinajstić information content (AvgIpc) is 3.26. The SMILES string of the molecule is COc1ccc(Nc2cc(F)cc(F)c2)nc1C(=O)NC1COC2(CC2)C1. The summed E-state index contributed by atoms with van der Waals surface area (Å²) in [7, 11) is 1.45. The highest BCUT2D eigenvalue weighted by atomic mass is 19.1. The first kappa shape index (κ1) is 17.7. The van der Waals surface area contributed by atoms with E-state index in [1.165, 1.54) is 7.11 Å². The summed E-state index contributed by atoms with van der Waals surface area (Å²) in [4.78, 5) is 16.9. The van der Waals surface area contributed by atoms with Gasteiger partial charge in [0.1, 0.15) is 23.2 Å². The lowest BCUT2D eigenvalue weighted by Crippen LogP contribution is -2.36. The van der Waals surface area contributed by atoms with Crippen molar-refractivity contribution in [2.24, 2.45) is 0 Å². The smallest absolute Gasteiger partial charge is 0.274 e. The van der Waals surface area contributed by atoms with E-state index >= 15 is 0 Å². The molecular formula is C19H19F2N3O3. The van der Waals surface area contributed by atoms with Gasteiger partial charge in [0.05, 0.1) is 25.4 Å². The van der Waals surface area contributed by atoms with Crippen molar-refractivity contribution in [2.75, 3.05) is 19.0 Å². The van der Waals surface area contributed by atoms with Crippen molar-refractivity contribution >= 4 is 17.4 Å². The van der Waals surface area contributed by atoms with Crippen LogP contribution in [0.4, 0.5) is 20.3 Å². The average molecular weight is 375 g/mol. The number of carbonyl (C=O) groups is 1. The molecule has 8 heteroatoms. The van der Waals surface area contributed by atoms with E-state index in [9.17, 15) is 13.6 Å². The second-order valence-electron chi connectivity index (χ2n) is 6.90. The number of aromatic nitrogens is 1. The quantitative estimate of drug-likeness (QED) is 0.840. The van der Waals surface area contributed by atoms with Crippen LogP contribution in [-0.4, -0.2) is 36.3 Å². The van der Waals surface area contributed by atoms with Crippen molar-refractivity contribution in [3.63, 3.8) is 0 Å². The zero-order valence-electron chi connectivity index (χ0n) is 14.7. The van der Waals surface area contributed by atoms with Gasteiger partial charge in [0, 0.05) is 11.8 Å². The third-order valence-corrected chi connectivity index (χ3v) is 4.78. The van der Waals surface area contributed by atoms with E-state index in [1.54, 1.807) is 12.1 Å². The maximum atomic E-state index is 13.4. The van der Waals surface area contributed by atoms with Gasteiger partial charge in [-0.1, -0.05) is 0 Å². The van der Waals surface area contributed by atoms with E-state index < -0.39 is 11.6 Å². The molecule has 1 amide bonds. The summed E-state index contributed by atoms with van der Waals surface area (Å²) in [6.45, 7) is 0.481. The second-order valence-corrected chi connectivity index (χ2v) is 6.90. The van der Waals surface area contributed by atoms with Gasteiger partial charge >= 0.3 is 0 Å². The van der Waals surface area contributed by atoms with Crippen molar-refractivity contribution in [3.8, 4) is 5.75 Å². The van der Waals surface area contributed by atoms with Crippen molar-refractivity contribution in [1.29, 1.82) is 0 Å². The molecule has 1 saturated carbocycles. The van der Waals surface area contributed by atoms with Crippen LogP contribution in [0.25, 0.3) is 0 Å². The molecule has 4 rings (SSSR count). The molecule has 1 aromatic carbocycles. The molecule has 1 aromatic heterocycles. The second kappa shape index (κ2) is 6.77. The lowest BCUT2D eigenvalue weighted by molar-refractivity contribution is 0.0841. The summed E-state index contributed by atoms with van der Waals surface area (Å²) in [6.07, 6.45) is 2.86. The highest BCUT2D eigenvalue weighted by Crippen LogP contribution is 2.47. The molecule has 2 aliphatic rings. The molecule has 1 atom stereocenters. The van der Waals surface area contributed by atoms with Crippen LogP contribution in [0, 0.1) is 11.6 Å². The van der Waals surface area contributed by atoms with Gasteiger partial charge < -0.3 is 20.1 Å². The molecular weight excluding hydrogens is 356 g/mol. The van der Waals surface area contributed by atoms with Crippen LogP contribution in [0.2, 0.25) is 0 Å². The third kappa shape index (κ3) is 3.85. The monoisotopic (exact) mass is 375 g/mol. The topological polar surface area (TPSA) is 72.5 Å². The molecule has 2 fully saturated rings. The number of rotatable bonds is 5. The summed E-state index contributed by atoms with van der Waals surface area (Å²) < 4.78 is 37.7. The Hall–Kier alpha value is -2.74. The summed E-state index contributed by atoms with van der Waals surface area (Å²) >= 11 is 0. The van der Waals surface area contributed by atoms with E-state index in [-0.39, 0.29) is 34.7 Å². The molecule has 1 spiro atoms. The molecule has 1 aliphatic heterocycles. The summed E-state index contributed by atoms with van der Waals surface area (Å²) in [6, 6.07) is 6.13. The number of hydrogen-bond acceptors (Lipinski definition) is 5. The molecule has 142 valence electrons. The predicted molar refractivity (Wildman–Crippen MR) is 94.2 cm³/mol. The standard InChI is InChI=1S/C19H19F2N3O3/c1-26-15-2-3-16(22-13-7-11(20)6-12(21)8-13)24-17(15)18(25)23-14-9-19(4-5-19)27-10-14/h2-3,6-8,14H,4-5,9-10H2,1H3,(H,22,24)(H,23,25). The Morgan fingerprint density at radius 3 is 2.63 bits per heavy atom. The minimum atomic E-state index is -0.709. The van der Waals surface area contributed by atoms with Gasteiger partial charge in [-0.15, -0.1) is 0 Å². The van der Waals surface area contributed by atoms with E-state index in [0.29, 0.717) is 12.4 Å². The van der Waals surface area contributed by atoms with Gasteiger partial charge in [0.25, 0.3) is 5.91 Å². The zero-order chi connectivity index (χ0) is 19.0. The lowest BCUT2D eigenvalue weighted by Gasteiger charge is -2.14. The molecule has 1 unspecified atom stereocenters. The number of ether oxygens (including phenoxy) is 2. The van der Waals surface area contributed by atoms with Crippen LogP contribution in [0.1, 0.15) is 29.8 Å². The largest absolute Gasteiger partial charge is 0.494 e. The van der Waals surface area contributed by atoms with Crippen molar-refractivity contribution in [3.05, 3.63) is 47.7 Å². The summed E-state index contributed by atoms with van der Waals surface area (Å²) in [5.74, 6) is -1.22. The van der Waals surface area contributed by atoms with Gasteiger partial charge in [-0.2, -0.15) is 0 Å². The molecule has 2 aromatic rings. The molecule has 0 bridgehead atoms. The number of benzene rings is 1. The van der Waals surface area contributed by atoms with Gasteiger partial charge in [-0.05, 0) is 43.5 Å².